The summed E-state index contributed by atoms with van der Waals surface area (Å²) >= 11 is 0. The quantitative estimate of drug-likeness (QED) is 0.540. The average molecular weight is 156 g/mol. The Kier molecular flexibility index (Phi) is 2.49. The average Bonchev–Trinajstić information content (AvgIpc) is 2.33. The largest absolute Gasteiger partial charge is 0.341 e. The van der Waals surface area contributed by atoms with Crippen molar-refractivity contribution in [3.05, 3.63) is 0 Å². The lowest BCUT2D eigenvalue weighted by molar-refractivity contribution is -0.127. The molecule has 1 aliphatic rings. The molecule has 1 saturated heterocycles. The summed E-state index contributed by atoms with van der Waals surface area (Å²) in [6.07, 6.45) is 1.12. The molecule has 1 fully saturated rings. The Hall–Kier alpha value is -0.570. The third-order valence-electron chi connectivity index (χ3n) is 2.34. The molecule has 1 aliphatic heterocycles. The number of likely N-dealkylation sites (tertiary alicyclic amines) is 1. The summed E-state index contributed by atoms with van der Waals surface area (Å²) in [7, 11) is 4.13. The van der Waals surface area contributed by atoms with Crippen molar-refractivity contribution >= 4 is 5.91 Å². The van der Waals surface area contributed by atoms with Crippen LogP contribution in [0.5, 0.6) is 0 Å². The minimum absolute atomic E-state index is 0.203. The molecule has 3 nitrogen and oxygen atoms in total. The normalized spacial score (nSPS) is 24.7. The first-order valence-electron chi connectivity index (χ1n) is 4.03. The molecule has 1 atom stereocenters. The van der Waals surface area contributed by atoms with Gasteiger partial charge in [0.05, 0.1) is 0 Å². The summed E-state index contributed by atoms with van der Waals surface area (Å²) in [5, 5.41) is 0. The van der Waals surface area contributed by atoms with Crippen LogP contribution in [0, 0.1) is 0 Å². The van der Waals surface area contributed by atoms with E-state index >= 15 is 0 Å². The molecular formula is C8H16N2O. The molecule has 0 bridgehead atoms. The summed E-state index contributed by atoms with van der Waals surface area (Å²) in [6, 6.07) is 0.568. The molecule has 0 aromatic heterocycles. The number of hydrogen-bond acceptors (Lipinski definition) is 2. The van der Waals surface area contributed by atoms with Crippen molar-refractivity contribution in [2.75, 3.05) is 27.2 Å². The second kappa shape index (κ2) is 3.22. The van der Waals surface area contributed by atoms with Crippen LogP contribution in [-0.2, 0) is 4.79 Å². The van der Waals surface area contributed by atoms with Crippen LogP contribution in [0.4, 0.5) is 0 Å². The van der Waals surface area contributed by atoms with Crippen LogP contribution in [0.15, 0.2) is 0 Å². The van der Waals surface area contributed by atoms with Crippen molar-refractivity contribution in [2.24, 2.45) is 0 Å². The van der Waals surface area contributed by atoms with Crippen molar-refractivity contribution in [2.45, 2.75) is 19.4 Å². The fourth-order valence-electron chi connectivity index (χ4n) is 1.45. The van der Waals surface area contributed by atoms with E-state index in [2.05, 4.69) is 19.0 Å². The first-order chi connectivity index (χ1) is 5.11. The molecule has 11 heavy (non-hydrogen) atoms. The fraction of sp³-hybridized carbons (Fsp3) is 0.875. The molecule has 0 radical (unpaired) electrons. The predicted octanol–water partition coefficient (Wildman–Crippen LogP) is 0.169. The number of nitrogens with zero attached hydrogens (tertiary/aromatic N) is 2. The van der Waals surface area contributed by atoms with E-state index in [0.29, 0.717) is 6.04 Å². The van der Waals surface area contributed by atoms with Gasteiger partial charge in [0.25, 0.3) is 0 Å². The van der Waals surface area contributed by atoms with Crippen molar-refractivity contribution in [1.82, 2.24) is 9.80 Å². The molecule has 1 heterocycles. The molecule has 1 unspecified atom stereocenters. The van der Waals surface area contributed by atoms with E-state index in [-0.39, 0.29) is 5.91 Å². The molecule has 1 rings (SSSR count). The van der Waals surface area contributed by atoms with Gasteiger partial charge in [0.2, 0.25) is 5.91 Å². The van der Waals surface area contributed by atoms with E-state index in [1.165, 1.54) is 0 Å². The van der Waals surface area contributed by atoms with E-state index in [1.807, 2.05) is 4.90 Å². The maximum Gasteiger partial charge on any atom is 0.219 e. The lowest BCUT2D eigenvalue weighted by Crippen LogP contribution is -2.33. The lowest BCUT2D eigenvalue weighted by Gasteiger charge is -2.19. The maximum absolute atomic E-state index is 10.9. The molecule has 3 heteroatoms. The molecule has 0 aromatic carbocycles. The molecule has 0 saturated carbocycles. The minimum Gasteiger partial charge on any atom is -0.341 e. The second-order valence-electron chi connectivity index (χ2n) is 3.37. The highest BCUT2D eigenvalue weighted by atomic mass is 16.2. The van der Waals surface area contributed by atoms with Crippen LogP contribution < -0.4 is 0 Å². The van der Waals surface area contributed by atoms with Gasteiger partial charge in [-0.3, -0.25) is 4.79 Å². The number of amides is 1. The van der Waals surface area contributed by atoms with Crippen LogP contribution in [-0.4, -0.2) is 48.9 Å². The van der Waals surface area contributed by atoms with Gasteiger partial charge in [0, 0.05) is 26.1 Å². The molecular weight excluding hydrogens is 140 g/mol. The first kappa shape index (κ1) is 8.53. The minimum atomic E-state index is 0.203. The Morgan fingerprint density at radius 3 is 2.45 bits per heavy atom. The topological polar surface area (TPSA) is 23.6 Å². The zero-order chi connectivity index (χ0) is 8.43. The Bertz CT molecular complexity index is 156. The van der Waals surface area contributed by atoms with E-state index in [4.69, 9.17) is 0 Å². The summed E-state index contributed by atoms with van der Waals surface area (Å²) in [5.74, 6) is 0.203. The molecule has 0 aliphatic carbocycles. The zero-order valence-electron chi connectivity index (χ0n) is 7.50. The number of carbonyl (C=O) groups is 1. The standard InChI is InChI=1S/C8H16N2O/c1-7(11)10-5-4-8(6-10)9(2)3/h8H,4-6H2,1-3H3. The SMILES string of the molecule is CC(=O)N1CCC(N(C)C)C1. The smallest absolute Gasteiger partial charge is 0.219 e. The molecule has 0 N–H and O–H groups in total. The van der Waals surface area contributed by atoms with E-state index in [9.17, 15) is 4.79 Å². The highest BCUT2D eigenvalue weighted by Gasteiger charge is 2.24. The fourth-order valence-corrected chi connectivity index (χ4v) is 1.45. The first-order valence-corrected chi connectivity index (χ1v) is 4.03. The lowest BCUT2D eigenvalue weighted by atomic mass is 10.2. The van der Waals surface area contributed by atoms with Gasteiger partial charge in [-0.15, -0.1) is 0 Å². The van der Waals surface area contributed by atoms with Crippen LogP contribution in [0.2, 0.25) is 0 Å². The molecule has 1 amide bonds. The monoisotopic (exact) mass is 156 g/mol. The van der Waals surface area contributed by atoms with E-state index < -0.39 is 0 Å². The van der Waals surface area contributed by atoms with Crippen LogP contribution in [0.3, 0.4) is 0 Å². The Morgan fingerprint density at radius 1 is 1.55 bits per heavy atom. The van der Waals surface area contributed by atoms with E-state index in [1.54, 1.807) is 6.92 Å². The van der Waals surface area contributed by atoms with Gasteiger partial charge in [-0.25, -0.2) is 0 Å². The Labute approximate surface area is 68.0 Å². The van der Waals surface area contributed by atoms with Crippen LogP contribution >= 0.6 is 0 Å². The maximum atomic E-state index is 10.9. The highest BCUT2D eigenvalue weighted by molar-refractivity contribution is 5.73. The van der Waals surface area contributed by atoms with E-state index in [0.717, 1.165) is 19.5 Å². The summed E-state index contributed by atoms with van der Waals surface area (Å²) in [5.41, 5.74) is 0. The van der Waals surface area contributed by atoms with Gasteiger partial charge in [-0.1, -0.05) is 0 Å². The van der Waals surface area contributed by atoms with Crippen molar-refractivity contribution in [3.63, 3.8) is 0 Å². The van der Waals surface area contributed by atoms with Crippen molar-refractivity contribution in [3.8, 4) is 0 Å². The zero-order valence-corrected chi connectivity index (χ0v) is 7.50. The van der Waals surface area contributed by atoms with Gasteiger partial charge in [0.1, 0.15) is 0 Å². The van der Waals surface area contributed by atoms with Gasteiger partial charge < -0.3 is 9.80 Å². The van der Waals surface area contributed by atoms with Crippen molar-refractivity contribution in [1.29, 1.82) is 0 Å². The molecule has 64 valence electrons. The number of likely N-dealkylation sites (N-methyl/N-ethyl adjacent to an activating group) is 1. The third-order valence-corrected chi connectivity index (χ3v) is 2.34. The Balaban J connectivity index is 2.41. The second-order valence-corrected chi connectivity index (χ2v) is 3.37. The van der Waals surface area contributed by atoms with Gasteiger partial charge in [0.15, 0.2) is 0 Å². The predicted molar refractivity (Wildman–Crippen MR) is 44.3 cm³/mol. The molecule has 0 spiro atoms. The molecule has 0 aromatic rings. The highest BCUT2D eigenvalue weighted by Crippen LogP contribution is 2.12. The van der Waals surface area contributed by atoms with Crippen LogP contribution in [0.25, 0.3) is 0 Å². The summed E-state index contributed by atoms with van der Waals surface area (Å²) in [6.45, 7) is 3.47. The third kappa shape index (κ3) is 1.93. The van der Waals surface area contributed by atoms with Gasteiger partial charge >= 0.3 is 0 Å². The van der Waals surface area contributed by atoms with Gasteiger partial charge in [-0.05, 0) is 20.5 Å². The Morgan fingerprint density at radius 2 is 2.18 bits per heavy atom. The van der Waals surface area contributed by atoms with Gasteiger partial charge in [-0.2, -0.15) is 0 Å². The number of hydrogen-bond donors (Lipinski definition) is 0. The summed E-state index contributed by atoms with van der Waals surface area (Å²) in [4.78, 5) is 15.0. The summed E-state index contributed by atoms with van der Waals surface area (Å²) < 4.78 is 0. The van der Waals surface area contributed by atoms with Crippen LogP contribution in [0.1, 0.15) is 13.3 Å². The number of carbonyl (C=O) groups excluding carboxylic acids is 1. The number of rotatable bonds is 1. The van der Waals surface area contributed by atoms with Crippen molar-refractivity contribution < 1.29 is 4.79 Å².